The second kappa shape index (κ2) is 4.07. The van der Waals surface area contributed by atoms with E-state index >= 15 is 0 Å². The molecule has 2 aromatic rings. The Morgan fingerprint density at radius 1 is 1.00 bits per heavy atom. The SMILES string of the molecule is C=C1C(=O)N2c3ccccc3C[C@H]2[C@H]1c1ccccc1. The minimum Gasteiger partial charge on any atom is -0.304 e. The fourth-order valence-electron chi connectivity index (χ4n) is 3.54. The highest BCUT2D eigenvalue weighted by atomic mass is 16.2. The highest BCUT2D eigenvalue weighted by Gasteiger charge is 2.48. The average molecular weight is 261 g/mol. The molecule has 2 heterocycles. The van der Waals surface area contributed by atoms with Gasteiger partial charge in [-0.15, -0.1) is 0 Å². The maximum Gasteiger partial charge on any atom is 0.254 e. The molecule has 0 aromatic heterocycles. The summed E-state index contributed by atoms with van der Waals surface area (Å²) in [6.45, 7) is 4.06. The van der Waals surface area contributed by atoms with Crippen LogP contribution in [0.25, 0.3) is 0 Å². The van der Waals surface area contributed by atoms with Crippen molar-refractivity contribution in [3.63, 3.8) is 0 Å². The van der Waals surface area contributed by atoms with Crippen molar-refractivity contribution in [1.82, 2.24) is 0 Å². The number of hydrogen-bond acceptors (Lipinski definition) is 1. The molecule has 0 spiro atoms. The van der Waals surface area contributed by atoms with E-state index < -0.39 is 0 Å². The van der Waals surface area contributed by atoms with Crippen LogP contribution < -0.4 is 4.90 Å². The third kappa shape index (κ3) is 1.42. The van der Waals surface area contributed by atoms with Gasteiger partial charge in [0.25, 0.3) is 5.91 Å². The van der Waals surface area contributed by atoms with Gasteiger partial charge in [0.05, 0.1) is 6.04 Å². The van der Waals surface area contributed by atoms with Crippen molar-refractivity contribution in [3.8, 4) is 0 Å². The predicted octanol–water partition coefficient (Wildman–Crippen LogP) is 3.30. The van der Waals surface area contributed by atoms with Crippen LogP contribution in [-0.4, -0.2) is 11.9 Å². The first-order valence-corrected chi connectivity index (χ1v) is 6.92. The smallest absolute Gasteiger partial charge is 0.254 e. The van der Waals surface area contributed by atoms with Gasteiger partial charge in [0.15, 0.2) is 0 Å². The Morgan fingerprint density at radius 2 is 1.70 bits per heavy atom. The zero-order chi connectivity index (χ0) is 13.7. The van der Waals surface area contributed by atoms with Crippen molar-refractivity contribution in [2.75, 3.05) is 4.90 Å². The molecule has 2 aromatic carbocycles. The van der Waals surface area contributed by atoms with E-state index in [9.17, 15) is 4.79 Å². The summed E-state index contributed by atoms with van der Waals surface area (Å²) < 4.78 is 0. The monoisotopic (exact) mass is 261 g/mol. The van der Waals surface area contributed by atoms with Gasteiger partial charge in [-0.3, -0.25) is 4.79 Å². The summed E-state index contributed by atoms with van der Waals surface area (Å²) in [7, 11) is 0. The highest BCUT2D eigenvalue weighted by molar-refractivity contribution is 6.11. The van der Waals surface area contributed by atoms with Gasteiger partial charge >= 0.3 is 0 Å². The summed E-state index contributed by atoms with van der Waals surface area (Å²) in [6, 6.07) is 18.6. The van der Waals surface area contributed by atoms with Crippen molar-refractivity contribution in [1.29, 1.82) is 0 Å². The molecule has 98 valence electrons. The number of nitrogens with zero attached hydrogens (tertiary/aromatic N) is 1. The Hall–Kier alpha value is -2.35. The highest BCUT2D eigenvalue weighted by Crippen LogP contribution is 2.47. The summed E-state index contributed by atoms with van der Waals surface area (Å²) in [6.07, 6.45) is 0.917. The molecule has 2 atom stereocenters. The number of rotatable bonds is 1. The molecule has 4 rings (SSSR count). The molecule has 0 bridgehead atoms. The van der Waals surface area contributed by atoms with Crippen LogP contribution >= 0.6 is 0 Å². The predicted molar refractivity (Wildman–Crippen MR) is 79.7 cm³/mol. The Morgan fingerprint density at radius 3 is 2.50 bits per heavy atom. The Kier molecular flexibility index (Phi) is 2.34. The molecular weight excluding hydrogens is 246 g/mol. The van der Waals surface area contributed by atoms with Crippen molar-refractivity contribution >= 4 is 11.6 Å². The van der Waals surface area contributed by atoms with Crippen LogP contribution in [0.2, 0.25) is 0 Å². The lowest BCUT2D eigenvalue weighted by Crippen LogP contribution is -2.31. The summed E-state index contributed by atoms with van der Waals surface area (Å²) in [5.41, 5.74) is 4.23. The van der Waals surface area contributed by atoms with Gasteiger partial charge in [0.1, 0.15) is 0 Å². The van der Waals surface area contributed by atoms with Crippen LogP contribution in [0.3, 0.4) is 0 Å². The Balaban J connectivity index is 1.83. The Labute approximate surface area is 118 Å². The maximum absolute atomic E-state index is 12.6. The van der Waals surface area contributed by atoms with E-state index in [-0.39, 0.29) is 17.9 Å². The van der Waals surface area contributed by atoms with E-state index in [1.54, 1.807) is 0 Å². The third-order valence-corrected chi connectivity index (χ3v) is 4.42. The third-order valence-electron chi connectivity index (χ3n) is 4.42. The van der Waals surface area contributed by atoms with E-state index in [1.807, 2.05) is 41.3 Å². The zero-order valence-corrected chi connectivity index (χ0v) is 11.1. The molecule has 2 nitrogen and oxygen atoms in total. The molecule has 0 radical (unpaired) electrons. The molecule has 20 heavy (non-hydrogen) atoms. The van der Waals surface area contributed by atoms with Crippen molar-refractivity contribution < 1.29 is 4.79 Å². The maximum atomic E-state index is 12.6. The standard InChI is InChI=1S/C18H15NO/c1-12-17(13-7-3-2-4-8-13)16-11-14-9-5-6-10-15(14)19(16)18(12)20/h2-10,16-17H,1,11H2/t16-,17+/m0/s1. The van der Waals surface area contributed by atoms with Crippen molar-refractivity contribution in [3.05, 3.63) is 77.9 Å². The molecule has 2 heteroatoms. The van der Waals surface area contributed by atoms with E-state index in [4.69, 9.17) is 0 Å². The Bertz CT molecular complexity index is 698. The lowest BCUT2D eigenvalue weighted by molar-refractivity contribution is -0.114. The molecule has 1 saturated heterocycles. The summed E-state index contributed by atoms with van der Waals surface area (Å²) in [5.74, 6) is 0.185. The van der Waals surface area contributed by atoms with Crippen LogP contribution in [0.5, 0.6) is 0 Å². The number of carbonyl (C=O) groups is 1. The molecule has 0 saturated carbocycles. The van der Waals surface area contributed by atoms with Crippen LogP contribution in [0.4, 0.5) is 5.69 Å². The molecule has 0 N–H and O–H groups in total. The summed E-state index contributed by atoms with van der Waals surface area (Å²) in [5, 5.41) is 0. The van der Waals surface area contributed by atoms with Gasteiger partial charge in [-0.2, -0.15) is 0 Å². The number of anilines is 1. The fourth-order valence-corrected chi connectivity index (χ4v) is 3.54. The zero-order valence-electron chi connectivity index (χ0n) is 11.1. The quantitative estimate of drug-likeness (QED) is 0.721. The lowest BCUT2D eigenvalue weighted by atomic mass is 9.87. The number of carbonyl (C=O) groups excluding carboxylic acids is 1. The first-order chi connectivity index (χ1) is 9.77. The number of fused-ring (bicyclic) bond motifs is 3. The number of para-hydroxylation sites is 1. The van der Waals surface area contributed by atoms with Crippen LogP contribution in [0.1, 0.15) is 17.0 Å². The topological polar surface area (TPSA) is 20.3 Å². The van der Waals surface area contributed by atoms with Gasteiger partial charge in [0.2, 0.25) is 0 Å². The average Bonchev–Trinajstić information content (AvgIpc) is 2.96. The van der Waals surface area contributed by atoms with Gasteiger partial charge in [0, 0.05) is 17.2 Å². The van der Waals surface area contributed by atoms with E-state index in [1.165, 1.54) is 11.1 Å². The van der Waals surface area contributed by atoms with Crippen molar-refractivity contribution in [2.45, 2.75) is 18.4 Å². The van der Waals surface area contributed by atoms with Crippen LogP contribution in [-0.2, 0) is 11.2 Å². The van der Waals surface area contributed by atoms with Gasteiger partial charge in [-0.1, -0.05) is 55.1 Å². The number of amides is 1. The lowest BCUT2D eigenvalue weighted by Gasteiger charge is -2.20. The first kappa shape index (κ1) is 11.5. The molecule has 1 fully saturated rings. The molecule has 2 aliphatic rings. The second-order valence-corrected chi connectivity index (χ2v) is 5.49. The van der Waals surface area contributed by atoms with Crippen LogP contribution in [0.15, 0.2) is 66.7 Å². The normalized spacial score (nSPS) is 23.9. The number of benzene rings is 2. The molecule has 0 aliphatic carbocycles. The van der Waals surface area contributed by atoms with E-state index in [0.29, 0.717) is 0 Å². The van der Waals surface area contributed by atoms with Gasteiger partial charge in [-0.25, -0.2) is 0 Å². The number of hydrogen-bond donors (Lipinski definition) is 0. The molecular formula is C18H15NO. The second-order valence-electron chi connectivity index (χ2n) is 5.49. The minimum atomic E-state index is 0.0776. The largest absolute Gasteiger partial charge is 0.304 e. The minimum absolute atomic E-state index is 0.0776. The summed E-state index contributed by atoms with van der Waals surface area (Å²) in [4.78, 5) is 14.5. The van der Waals surface area contributed by atoms with Gasteiger partial charge in [-0.05, 0) is 23.6 Å². The van der Waals surface area contributed by atoms with Crippen LogP contribution in [0, 0.1) is 0 Å². The first-order valence-electron chi connectivity index (χ1n) is 6.92. The summed E-state index contributed by atoms with van der Waals surface area (Å²) >= 11 is 0. The van der Waals surface area contributed by atoms with E-state index in [2.05, 4.69) is 24.8 Å². The molecule has 0 unspecified atom stereocenters. The van der Waals surface area contributed by atoms with E-state index in [0.717, 1.165) is 17.7 Å². The molecule has 2 aliphatic heterocycles. The molecule has 1 amide bonds. The van der Waals surface area contributed by atoms with Crippen molar-refractivity contribution in [2.24, 2.45) is 0 Å². The fraction of sp³-hybridized carbons (Fsp3) is 0.167. The van der Waals surface area contributed by atoms with Gasteiger partial charge < -0.3 is 4.90 Å².